The van der Waals surface area contributed by atoms with Gasteiger partial charge in [0.15, 0.2) is 6.04 Å². The zero-order valence-electron chi connectivity index (χ0n) is 8.74. The van der Waals surface area contributed by atoms with Crippen LogP contribution < -0.4 is 5.32 Å². The van der Waals surface area contributed by atoms with E-state index in [0.717, 1.165) is 5.56 Å². The normalized spacial score (nSPS) is 11.9. The number of benzene rings is 1. The molecule has 86 valence electrons. The smallest absolute Gasteiger partial charge is 0.328 e. The molecule has 0 aromatic heterocycles. The fourth-order valence-corrected chi connectivity index (χ4v) is 1.11. The summed E-state index contributed by atoms with van der Waals surface area (Å²) in [6, 6.07) is 5.07. The van der Waals surface area contributed by atoms with Crippen LogP contribution in [0.4, 0.5) is 4.39 Å². The van der Waals surface area contributed by atoms with Crippen molar-refractivity contribution < 1.29 is 19.1 Å². The lowest BCUT2D eigenvalue weighted by Gasteiger charge is -2.10. The number of hydrogen-bond acceptors (Lipinski definition) is 2. The Bertz CT molecular complexity index is 389. The Morgan fingerprint density at radius 3 is 2.38 bits per heavy atom. The molecule has 4 nitrogen and oxygen atoms in total. The predicted octanol–water partition coefficient (Wildman–Crippen LogP) is 1.15. The Morgan fingerprint density at radius 1 is 1.38 bits per heavy atom. The summed E-state index contributed by atoms with van der Waals surface area (Å²) in [6.07, 6.45) is 0. The van der Waals surface area contributed by atoms with Gasteiger partial charge >= 0.3 is 5.97 Å². The second-order valence-electron chi connectivity index (χ2n) is 3.38. The van der Waals surface area contributed by atoms with Crippen molar-refractivity contribution in [1.82, 2.24) is 5.32 Å². The van der Waals surface area contributed by atoms with E-state index in [2.05, 4.69) is 5.32 Å². The van der Waals surface area contributed by atoms with E-state index in [9.17, 15) is 14.0 Å². The van der Waals surface area contributed by atoms with Gasteiger partial charge in [-0.15, -0.1) is 0 Å². The average Bonchev–Trinajstić information content (AvgIpc) is 2.26. The molecule has 16 heavy (non-hydrogen) atoms. The van der Waals surface area contributed by atoms with E-state index < -0.39 is 24.6 Å². The van der Waals surface area contributed by atoms with Gasteiger partial charge in [-0.3, -0.25) is 4.79 Å². The molecule has 2 N–H and O–H groups in total. The third kappa shape index (κ3) is 3.05. The number of halogens is 1. The topological polar surface area (TPSA) is 66.4 Å². The zero-order valence-corrected chi connectivity index (χ0v) is 8.74. The Labute approximate surface area is 92.1 Å². The zero-order chi connectivity index (χ0) is 12.1. The third-order valence-corrected chi connectivity index (χ3v) is 2.07. The summed E-state index contributed by atoms with van der Waals surface area (Å²) in [7, 11) is 0. The maximum absolute atomic E-state index is 12.3. The largest absolute Gasteiger partial charge is 0.480 e. The molecular formula is C11H12FNO3. The van der Waals surface area contributed by atoms with Gasteiger partial charge < -0.3 is 10.4 Å². The predicted molar refractivity (Wildman–Crippen MR) is 56.0 cm³/mol. The second-order valence-corrected chi connectivity index (χ2v) is 3.38. The van der Waals surface area contributed by atoms with Crippen LogP contribution in [0, 0.1) is 6.92 Å². The molecule has 1 aromatic rings. The second kappa shape index (κ2) is 5.25. The number of nitrogens with one attached hydrogen (secondary N) is 1. The molecule has 0 aliphatic carbocycles. The molecule has 5 heteroatoms. The molecule has 0 aliphatic heterocycles. The number of aryl methyl sites for hydroxylation is 1. The van der Waals surface area contributed by atoms with Crippen molar-refractivity contribution in [1.29, 1.82) is 0 Å². The Kier molecular flexibility index (Phi) is 3.99. The van der Waals surface area contributed by atoms with Crippen molar-refractivity contribution in [2.75, 3.05) is 6.67 Å². The Hall–Kier alpha value is -1.91. The number of alkyl halides is 1. The van der Waals surface area contributed by atoms with E-state index in [-0.39, 0.29) is 0 Å². The van der Waals surface area contributed by atoms with Gasteiger partial charge in [0.1, 0.15) is 6.67 Å². The van der Waals surface area contributed by atoms with Crippen LogP contribution in [0.1, 0.15) is 15.9 Å². The van der Waals surface area contributed by atoms with E-state index in [1.165, 1.54) is 0 Å². The molecule has 1 amide bonds. The molecule has 0 unspecified atom stereocenters. The van der Waals surface area contributed by atoms with Gasteiger partial charge in [0, 0.05) is 5.56 Å². The van der Waals surface area contributed by atoms with Crippen LogP contribution in [0.3, 0.4) is 0 Å². The first-order valence-electron chi connectivity index (χ1n) is 4.71. The van der Waals surface area contributed by atoms with Gasteiger partial charge in [-0.05, 0) is 19.1 Å². The number of carboxylic acid groups (broad SMARTS) is 1. The quantitative estimate of drug-likeness (QED) is 0.807. The Balaban J connectivity index is 2.71. The SMILES string of the molecule is Cc1ccc(C(=O)N[C@@H](CF)C(=O)O)cc1. The highest BCUT2D eigenvalue weighted by Gasteiger charge is 2.19. The summed E-state index contributed by atoms with van der Waals surface area (Å²) in [5, 5.41) is 10.6. The van der Waals surface area contributed by atoms with Gasteiger partial charge in [-0.25, -0.2) is 9.18 Å². The maximum atomic E-state index is 12.3. The molecule has 0 heterocycles. The first kappa shape index (κ1) is 12.2. The number of rotatable bonds is 4. The number of hydrogen-bond donors (Lipinski definition) is 2. The van der Waals surface area contributed by atoms with Gasteiger partial charge in [-0.2, -0.15) is 0 Å². The average molecular weight is 225 g/mol. The van der Waals surface area contributed by atoms with Crippen LogP contribution in [-0.2, 0) is 4.79 Å². The fourth-order valence-electron chi connectivity index (χ4n) is 1.11. The molecular weight excluding hydrogens is 213 g/mol. The molecule has 0 spiro atoms. The molecule has 0 aliphatic rings. The van der Waals surface area contributed by atoms with Crippen LogP contribution in [0.5, 0.6) is 0 Å². The van der Waals surface area contributed by atoms with Crippen molar-refractivity contribution >= 4 is 11.9 Å². The van der Waals surface area contributed by atoms with E-state index in [4.69, 9.17) is 5.11 Å². The molecule has 0 bridgehead atoms. The molecule has 0 fully saturated rings. The van der Waals surface area contributed by atoms with Crippen molar-refractivity contribution in [2.24, 2.45) is 0 Å². The van der Waals surface area contributed by atoms with Crippen LogP contribution >= 0.6 is 0 Å². The van der Waals surface area contributed by atoms with Crippen molar-refractivity contribution in [3.05, 3.63) is 35.4 Å². The molecule has 0 saturated carbocycles. The molecule has 1 aromatic carbocycles. The minimum atomic E-state index is -1.49. The monoisotopic (exact) mass is 225 g/mol. The minimum absolute atomic E-state index is 0.310. The van der Waals surface area contributed by atoms with E-state index >= 15 is 0 Å². The van der Waals surface area contributed by atoms with Gasteiger partial charge in [0.05, 0.1) is 0 Å². The number of carbonyl (C=O) groups excluding carboxylic acids is 1. The maximum Gasteiger partial charge on any atom is 0.328 e. The highest BCUT2D eigenvalue weighted by Crippen LogP contribution is 2.03. The standard InChI is InChI=1S/C11H12FNO3/c1-7-2-4-8(5-3-7)10(14)13-9(6-12)11(15)16/h2-5,9H,6H2,1H3,(H,13,14)(H,15,16)/t9-/m0/s1. The van der Waals surface area contributed by atoms with Crippen LogP contribution in [-0.4, -0.2) is 29.7 Å². The first-order valence-corrected chi connectivity index (χ1v) is 4.71. The summed E-state index contributed by atoms with van der Waals surface area (Å²) in [5.74, 6) is -1.98. The highest BCUT2D eigenvalue weighted by molar-refractivity contribution is 5.96. The first-order chi connectivity index (χ1) is 7.54. The molecule has 0 saturated heterocycles. The van der Waals surface area contributed by atoms with Gasteiger partial charge in [0.2, 0.25) is 0 Å². The summed E-state index contributed by atoms with van der Waals surface area (Å²) < 4.78 is 12.3. The summed E-state index contributed by atoms with van der Waals surface area (Å²) in [6.45, 7) is 0.732. The lowest BCUT2D eigenvalue weighted by atomic mass is 10.1. The van der Waals surface area contributed by atoms with Crippen LogP contribution in [0.2, 0.25) is 0 Å². The number of aliphatic carboxylic acids is 1. The van der Waals surface area contributed by atoms with Crippen LogP contribution in [0.25, 0.3) is 0 Å². The minimum Gasteiger partial charge on any atom is -0.480 e. The molecule has 1 atom stereocenters. The number of amides is 1. The van der Waals surface area contributed by atoms with Crippen molar-refractivity contribution in [3.63, 3.8) is 0 Å². The lowest BCUT2D eigenvalue weighted by molar-refractivity contribution is -0.139. The van der Waals surface area contributed by atoms with E-state index in [0.29, 0.717) is 5.56 Å². The van der Waals surface area contributed by atoms with Crippen molar-refractivity contribution in [2.45, 2.75) is 13.0 Å². The van der Waals surface area contributed by atoms with E-state index in [1.54, 1.807) is 24.3 Å². The van der Waals surface area contributed by atoms with Gasteiger partial charge in [0.25, 0.3) is 5.91 Å². The summed E-state index contributed by atoms with van der Waals surface area (Å²) in [4.78, 5) is 22.0. The molecule has 0 radical (unpaired) electrons. The van der Waals surface area contributed by atoms with Crippen molar-refractivity contribution in [3.8, 4) is 0 Å². The van der Waals surface area contributed by atoms with Gasteiger partial charge in [-0.1, -0.05) is 17.7 Å². The molecule has 1 rings (SSSR count). The highest BCUT2D eigenvalue weighted by atomic mass is 19.1. The number of carboxylic acids is 1. The van der Waals surface area contributed by atoms with E-state index in [1.807, 2.05) is 6.92 Å². The van der Waals surface area contributed by atoms with Crippen LogP contribution in [0.15, 0.2) is 24.3 Å². The number of carbonyl (C=O) groups is 2. The Morgan fingerprint density at radius 2 is 1.94 bits per heavy atom. The fraction of sp³-hybridized carbons (Fsp3) is 0.273. The summed E-state index contributed by atoms with van der Waals surface area (Å²) in [5.41, 5.74) is 1.29. The summed E-state index contributed by atoms with van der Waals surface area (Å²) >= 11 is 0. The lowest BCUT2D eigenvalue weighted by Crippen LogP contribution is -2.42. The third-order valence-electron chi connectivity index (χ3n) is 2.07.